The quantitative estimate of drug-likeness (QED) is 0.0534. The van der Waals surface area contributed by atoms with Crippen LogP contribution in [0.5, 0.6) is 0 Å². The monoisotopic (exact) mass is 766 g/mol. The molecule has 0 saturated carbocycles. The molecule has 0 radical (unpaired) electrons. The van der Waals surface area contributed by atoms with Gasteiger partial charge in [-0.25, -0.2) is 14.4 Å². The number of rotatable bonds is 3. The van der Waals surface area contributed by atoms with Gasteiger partial charge in [0.25, 0.3) is 5.97 Å². The number of carbonyl (C=O) groups is 4. The summed E-state index contributed by atoms with van der Waals surface area (Å²) in [6.45, 7) is 7.01. The van der Waals surface area contributed by atoms with E-state index < -0.39 is 17.9 Å². The van der Waals surface area contributed by atoms with Crippen molar-refractivity contribution in [3.05, 3.63) is 96.6 Å². The van der Waals surface area contributed by atoms with E-state index >= 15 is 0 Å². The number of aromatic amines is 1. The number of anilines is 2. The zero-order valence-electron chi connectivity index (χ0n) is 29.3. The Balaban J connectivity index is -0.000000184. The number of benzene rings is 3. The first-order chi connectivity index (χ1) is 23.0. The largest absolute Gasteiger partial charge is 1.00 e. The van der Waals surface area contributed by atoms with Crippen molar-refractivity contribution < 1.29 is 69.4 Å². The van der Waals surface area contributed by atoms with E-state index in [9.17, 15) is 14.4 Å². The summed E-state index contributed by atoms with van der Waals surface area (Å²) in [7, 11) is 4.01. The number of nitrogen functional groups attached to an aromatic ring is 2. The predicted molar refractivity (Wildman–Crippen MR) is 199 cm³/mol. The number of H-pyrrole nitrogens is 1. The number of fused-ring (bicyclic) bond motifs is 1. The second-order valence-electron chi connectivity index (χ2n) is 8.62. The molecule has 0 bridgehead atoms. The van der Waals surface area contributed by atoms with Crippen molar-refractivity contribution in [2.45, 2.75) is 49.4 Å². The van der Waals surface area contributed by atoms with Crippen LogP contribution >= 0.6 is 23.2 Å². The van der Waals surface area contributed by atoms with Crippen LogP contribution in [0.25, 0.3) is 10.9 Å². The van der Waals surface area contributed by atoms with Gasteiger partial charge in [0, 0.05) is 19.4 Å². The minimum absolute atomic E-state index is 0. The van der Waals surface area contributed by atoms with Gasteiger partial charge < -0.3 is 40.9 Å². The molecule has 0 unspecified atom stereocenters. The van der Waals surface area contributed by atoms with Crippen molar-refractivity contribution in [1.82, 2.24) is 10.2 Å². The van der Waals surface area contributed by atoms with Crippen molar-refractivity contribution >= 4 is 69.4 Å². The van der Waals surface area contributed by atoms with Crippen molar-refractivity contribution in [2.75, 3.05) is 32.8 Å². The Morgan fingerprint density at radius 2 is 1.25 bits per heavy atom. The van der Waals surface area contributed by atoms with Crippen molar-refractivity contribution in [3.63, 3.8) is 0 Å². The first-order valence-electron chi connectivity index (χ1n) is 13.9. The molecule has 15 nitrogen and oxygen atoms in total. The first-order valence-corrected chi connectivity index (χ1v) is 14.0. The Hall–Kier alpha value is -4.41. The molecule has 0 saturated heterocycles. The molecule has 0 aliphatic heterocycles. The van der Waals surface area contributed by atoms with Crippen LogP contribution in [0.4, 0.5) is 11.4 Å². The molecule has 4 rings (SSSR count). The van der Waals surface area contributed by atoms with Crippen LogP contribution in [0.2, 0.25) is 10.0 Å². The number of aromatic nitrogens is 2. The maximum absolute atomic E-state index is 11.2. The van der Waals surface area contributed by atoms with E-state index in [0.29, 0.717) is 45.0 Å². The fraction of sp³-hybridized carbons (Fsp3) is 0.303. The van der Waals surface area contributed by atoms with Gasteiger partial charge in [0.2, 0.25) is 0 Å². The third-order valence-electron chi connectivity index (χ3n) is 5.37. The van der Waals surface area contributed by atoms with Gasteiger partial charge in [0.1, 0.15) is 0 Å². The van der Waals surface area contributed by atoms with Crippen molar-refractivity contribution in [1.29, 1.82) is 0 Å². The zero-order chi connectivity index (χ0) is 38.3. The fourth-order valence-corrected chi connectivity index (χ4v) is 3.70. The molecule has 0 fully saturated rings. The van der Waals surface area contributed by atoms with Crippen LogP contribution in [0.15, 0.2) is 54.0 Å². The van der Waals surface area contributed by atoms with Crippen LogP contribution in [-0.4, -0.2) is 60.5 Å². The van der Waals surface area contributed by atoms with E-state index in [1.54, 1.807) is 56.4 Å². The maximum atomic E-state index is 11.2. The number of aryl methyl sites for hydroxylation is 2. The average Bonchev–Trinajstić information content (AvgIpc) is 3.54. The first kappa shape index (κ1) is 53.4. The molecule has 6 N–H and O–H groups in total. The molecule has 3 aromatic carbocycles. The number of hydrogen-bond donors (Lipinski definition) is 4. The van der Waals surface area contributed by atoms with Gasteiger partial charge >= 0.3 is 47.5 Å². The number of carboxylic acid groups (broad SMARTS) is 1. The summed E-state index contributed by atoms with van der Waals surface area (Å²) >= 11 is 11.7. The third kappa shape index (κ3) is 20.8. The number of esters is 3. The number of nitrogens with zero attached hydrogens (tertiary/aromatic N) is 2. The number of methoxy groups -OCH3 is 3. The maximum Gasteiger partial charge on any atom is 1.00 e. The van der Waals surface area contributed by atoms with E-state index in [0.717, 1.165) is 34.3 Å². The standard InChI is InChI=1S/C9H7ClN2O2.C9H10ClNO2.C9H11NO2.C2H4O2.C2H6.2CH4.HNO2.Na/c1-14-9(13)5-2-6-4-11-12-8(6)7(10)3-5;1-5-3-6(9(12)13-2)4-7(10)8(5)11;1-6-5-7(9(11)12-2)3-4-8(6)10;1-2(3)4;1-2;;;2-1-3;/h2-4H,1H3,(H,11,12);3-4H,11H2,1-2H3;3-5H,10H2,1-2H3;1H3,(H,3,4);1-2H3;2*1H4;(H,2,3);/q;;;;;;;;+1/p-1/i;;;;1D;;;;. The summed E-state index contributed by atoms with van der Waals surface area (Å²) in [6.07, 6.45) is 1.60. The Kier molecular flexibility index (Phi) is 31.8. The van der Waals surface area contributed by atoms with Crippen molar-refractivity contribution in [2.24, 2.45) is 5.34 Å². The molecule has 0 amide bonds. The number of nitrogens with one attached hydrogen (secondary N) is 1. The number of aliphatic carboxylic acids is 1. The van der Waals surface area contributed by atoms with E-state index in [1.165, 1.54) is 27.4 Å². The minimum atomic E-state index is -0.833. The van der Waals surface area contributed by atoms with Gasteiger partial charge in [-0.15, -0.1) is 5.34 Å². The van der Waals surface area contributed by atoms with Gasteiger partial charge in [-0.2, -0.15) is 5.10 Å². The zero-order valence-corrected chi connectivity index (χ0v) is 31.8. The molecule has 51 heavy (non-hydrogen) atoms. The molecule has 0 spiro atoms. The van der Waals surface area contributed by atoms with Crippen LogP contribution < -0.4 is 41.0 Å². The normalized spacial score (nSPS) is 8.69. The summed E-state index contributed by atoms with van der Waals surface area (Å²) in [5.41, 5.74) is 16.1. The third-order valence-corrected chi connectivity index (χ3v) is 5.98. The number of carboxylic acids is 1. The second-order valence-corrected chi connectivity index (χ2v) is 9.44. The smallest absolute Gasteiger partial charge is 0.481 e. The van der Waals surface area contributed by atoms with Crippen LogP contribution in [-0.2, 0) is 19.0 Å². The second kappa shape index (κ2) is 30.4. The van der Waals surface area contributed by atoms with Gasteiger partial charge in [0.15, 0.2) is 0 Å². The molecule has 0 atom stereocenters. The number of hydrogen-bond acceptors (Lipinski definition) is 13. The Morgan fingerprint density at radius 1 is 0.863 bits per heavy atom. The average molecular weight is 768 g/mol. The SMILES string of the molecule is C.C.CC(=O)O.COC(=O)c1cc(C)c(N)c(Cl)c1.COC(=O)c1cc(Cl)c2[nH]ncc2c1.COC(=O)c1ccc(N)c(C)c1.O=N[O-].[2H]CC.[Na+]. The van der Waals surface area contributed by atoms with Crippen LogP contribution in [0, 0.1) is 24.0 Å². The summed E-state index contributed by atoms with van der Waals surface area (Å²) in [6, 6.07) is 11.4. The van der Waals surface area contributed by atoms with E-state index in [1.807, 2.05) is 6.92 Å². The Morgan fingerprint density at radius 3 is 1.67 bits per heavy atom. The van der Waals surface area contributed by atoms with Gasteiger partial charge in [-0.05, 0) is 67.4 Å². The minimum Gasteiger partial charge on any atom is -0.481 e. The van der Waals surface area contributed by atoms with Crippen LogP contribution in [0.1, 0.15) is 79.2 Å². The number of carbonyl (C=O) groups excluding carboxylic acids is 3. The molecule has 278 valence electrons. The molecule has 1 heterocycles. The van der Waals surface area contributed by atoms with Gasteiger partial charge in [-0.3, -0.25) is 9.89 Å². The molecule has 1 aromatic heterocycles. The topological polar surface area (TPSA) is 249 Å². The fourth-order valence-electron chi connectivity index (χ4n) is 3.16. The predicted octanol–water partition coefficient (Wildman–Crippen LogP) is 5.03. The number of ether oxygens (including phenoxy) is 3. The number of nitrogens with two attached hydrogens (primary N) is 2. The molecule has 0 aliphatic rings. The molecule has 0 aliphatic carbocycles. The summed E-state index contributed by atoms with van der Waals surface area (Å²) in [4.78, 5) is 50.3. The number of halogens is 2. The van der Waals surface area contributed by atoms with Gasteiger partial charge in [-0.1, -0.05) is 51.9 Å². The molecular formula is C33H46Cl2N5NaO10. The van der Waals surface area contributed by atoms with E-state index in [4.69, 9.17) is 56.1 Å². The summed E-state index contributed by atoms with van der Waals surface area (Å²) in [5.74, 6) is -1.99. The Labute approximate surface area is 331 Å². The Bertz CT molecular complexity index is 1670. The van der Waals surface area contributed by atoms with Crippen LogP contribution in [0.3, 0.4) is 0 Å². The van der Waals surface area contributed by atoms with Gasteiger partial charge in [0.05, 0.1) is 65.5 Å². The summed E-state index contributed by atoms with van der Waals surface area (Å²) < 4.78 is 19.9. The van der Waals surface area contributed by atoms with Crippen molar-refractivity contribution in [3.8, 4) is 0 Å². The molecular weight excluding hydrogens is 720 g/mol. The van der Waals surface area contributed by atoms with E-state index in [-0.39, 0.29) is 50.4 Å². The summed E-state index contributed by atoms with van der Waals surface area (Å²) in [5, 5.41) is 24.6. The van der Waals surface area contributed by atoms with E-state index in [2.05, 4.69) is 24.4 Å². The molecule has 18 heteroatoms. The molecule has 4 aromatic rings.